The molecular weight excluding hydrogens is 326 g/mol. The fourth-order valence-electron chi connectivity index (χ4n) is 1.92. The summed E-state index contributed by atoms with van der Waals surface area (Å²) >= 11 is 11.1. The van der Waals surface area contributed by atoms with Crippen molar-refractivity contribution in [2.45, 2.75) is 6.54 Å². The lowest BCUT2D eigenvalue weighted by atomic mass is 10.1. The molecule has 114 valence electrons. The van der Waals surface area contributed by atoms with E-state index >= 15 is 0 Å². The number of pyridine rings is 1. The molecule has 1 aromatic carbocycles. The van der Waals surface area contributed by atoms with Crippen LogP contribution in [0.15, 0.2) is 36.5 Å². The average Bonchev–Trinajstić information content (AvgIpc) is 2.49. The van der Waals surface area contributed by atoms with Gasteiger partial charge in [0.25, 0.3) is 11.6 Å². The van der Waals surface area contributed by atoms with Gasteiger partial charge < -0.3 is 9.88 Å². The molecule has 0 fully saturated rings. The first-order valence-corrected chi connectivity index (χ1v) is 7.04. The van der Waals surface area contributed by atoms with Crippen LogP contribution in [0.25, 0.3) is 0 Å². The molecule has 0 spiro atoms. The van der Waals surface area contributed by atoms with Crippen LogP contribution < -0.4 is 0 Å². The van der Waals surface area contributed by atoms with E-state index in [0.29, 0.717) is 20.8 Å². The molecule has 22 heavy (non-hydrogen) atoms. The molecule has 0 aliphatic rings. The molecule has 0 saturated heterocycles. The van der Waals surface area contributed by atoms with Crippen LogP contribution in [-0.4, -0.2) is 27.8 Å². The number of hydrogen-bond donors (Lipinski definition) is 1. The summed E-state index contributed by atoms with van der Waals surface area (Å²) in [7, 11) is 1.58. The number of rotatable bonds is 4. The molecule has 1 aromatic heterocycles. The van der Waals surface area contributed by atoms with Gasteiger partial charge in [0, 0.05) is 36.9 Å². The Morgan fingerprint density at radius 1 is 1.45 bits per heavy atom. The van der Waals surface area contributed by atoms with E-state index in [1.165, 1.54) is 23.1 Å². The van der Waals surface area contributed by atoms with E-state index in [1.807, 2.05) is 0 Å². The molecule has 0 radical (unpaired) electrons. The monoisotopic (exact) mass is 337 g/mol. The van der Waals surface area contributed by atoms with Crippen LogP contribution in [0.4, 0.5) is 5.69 Å². The van der Waals surface area contributed by atoms with Gasteiger partial charge in [0.2, 0.25) is 0 Å². The molecule has 0 aliphatic carbocycles. The number of benzene rings is 1. The zero-order valence-corrected chi connectivity index (χ0v) is 13.1. The Balaban J connectivity index is 2.25. The quantitative estimate of drug-likeness (QED) is 0.525. The lowest BCUT2D eigenvalue weighted by Crippen LogP contribution is -2.26. The number of nitrogens with one attached hydrogen (secondary N) is 1. The minimum Gasteiger partial charge on any atom is -0.352 e. The summed E-state index contributed by atoms with van der Waals surface area (Å²) < 4.78 is 0.337. The highest BCUT2D eigenvalue weighted by Gasteiger charge is 2.16. The zero-order valence-electron chi connectivity index (χ0n) is 11.6. The first-order chi connectivity index (χ1) is 10.4. The molecule has 0 atom stereocenters. The van der Waals surface area contributed by atoms with Crippen molar-refractivity contribution in [1.82, 2.24) is 9.88 Å². The maximum absolute atomic E-state index is 12.4. The highest BCUT2D eigenvalue weighted by Crippen LogP contribution is 2.23. The van der Waals surface area contributed by atoms with Gasteiger partial charge in [0.15, 0.2) is 0 Å². The number of aromatic nitrogens is 1. The predicted molar refractivity (Wildman–Crippen MR) is 85.5 cm³/mol. The van der Waals surface area contributed by atoms with Crippen LogP contribution in [0.5, 0.6) is 0 Å². The third kappa shape index (κ3) is 3.49. The molecule has 0 bridgehead atoms. The third-order valence-electron chi connectivity index (χ3n) is 3.04. The number of hydrogen-bond acceptors (Lipinski definition) is 4. The Labute approximate surface area is 136 Å². The molecule has 2 rings (SSSR count). The fourth-order valence-corrected chi connectivity index (χ4v) is 2.32. The summed E-state index contributed by atoms with van der Waals surface area (Å²) in [6.45, 7) is 0.142. The summed E-state index contributed by atoms with van der Waals surface area (Å²) in [6.07, 6.45) is 1.64. The normalized spacial score (nSPS) is 10.3. The standard InChI is InChI=1S/C14H12ClN3O3S/c1-17(14(19)11-3-2-6-16-13(11)22)8-9-7-10(18(20)21)4-5-12(9)15/h2-7H,8H2,1H3,(H,16,22). The molecule has 1 heterocycles. The summed E-state index contributed by atoms with van der Waals surface area (Å²) in [5.74, 6) is -0.288. The van der Waals surface area contributed by atoms with Crippen molar-refractivity contribution in [3.63, 3.8) is 0 Å². The van der Waals surface area contributed by atoms with Crippen LogP contribution in [0.1, 0.15) is 15.9 Å². The zero-order chi connectivity index (χ0) is 16.3. The van der Waals surface area contributed by atoms with E-state index in [1.54, 1.807) is 25.4 Å². The second-order valence-corrected chi connectivity index (χ2v) is 5.42. The van der Waals surface area contributed by atoms with Crippen LogP contribution in [-0.2, 0) is 6.54 Å². The van der Waals surface area contributed by atoms with Gasteiger partial charge in [0.1, 0.15) is 4.64 Å². The van der Waals surface area contributed by atoms with Crippen molar-refractivity contribution in [2.75, 3.05) is 7.05 Å². The summed E-state index contributed by atoms with van der Waals surface area (Å²) in [5, 5.41) is 11.2. The van der Waals surface area contributed by atoms with E-state index in [4.69, 9.17) is 23.8 Å². The molecule has 2 aromatic rings. The van der Waals surface area contributed by atoms with E-state index in [0.717, 1.165) is 0 Å². The first-order valence-electron chi connectivity index (χ1n) is 6.26. The second-order valence-electron chi connectivity index (χ2n) is 4.61. The van der Waals surface area contributed by atoms with E-state index in [-0.39, 0.29) is 18.1 Å². The SMILES string of the molecule is CN(Cc1cc([N+](=O)[O-])ccc1Cl)C(=O)c1ccc[nH]c1=S. The third-order valence-corrected chi connectivity index (χ3v) is 3.75. The molecule has 1 N–H and O–H groups in total. The van der Waals surface area contributed by atoms with Gasteiger partial charge >= 0.3 is 0 Å². The fraction of sp³-hybridized carbons (Fsp3) is 0.143. The van der Waals surface area contributed by atoms with Crippen LogP contribution >= 0.6 is 23.8 Å². The molecule has 0 unspecified atom stereocenters. The van der Waals surface area contributed by atoms with Crippen molar-refractivity contribution in [3.05, 3.63) is 67.4 Å². The maximum atomic E-state index is 12.4. The van der Waals surface area contributed by atoms with Gasteiger partial charge in [-0.3, -0.25) is 14.9 Å². The average molecular weight is 338 g/mol. The van der Waals surface area contributed by atoms with Crippen LogP contribution in [0.3, 0.4) is 0 Å². The highest BCUT2D eigenvalue weighted by molar-refractivity contribution is 7.71. The van der Waals surface area contributed by atoms with Crippen LogP contribution in [0, 0.1) is 14.8 Å². The van der Waals surface area contributed by atoms with Gasteiger partial charge in [-0.25, -0.2) is 0 Å². The van der Waals surface area contributed by atoms with Crippen molar-refractivity contribution in [2.24, 2.45) is 0 Å². The van der Waals surface area contributed by atoms with Gasteiger partial charge in [0.05, 0.1) is 10.5 Å². The maximum Gasteiger partial charge on any atom is 0.269 e. The van der Waals surface area contributed by atoms with Crippen molar-refractivity contribution in [3.8, 4) is 0 Å². The second kappa shape index (κ2) is 6.67. The molecule has 0 saturated carbocycles. The topological polar surface area (TPSA) is 79.2 Å². The number of nitro groups is 1. The number of carbonyl (C=O) groups is 1. The summed E-state index contributed by atoms with van der Waals surface area (Å²) in [6, 6.07) is 7.42. The minimum atomic E-state index is -0.505. The van der Waals surface area contributed by atoms with Crippen molar-refractivity contribution < 1.29 is 9.72 Å². The molecule has 1 amide bonds. The Morgan fingerprint density at radius 2 is 2.18 bits per heavy atom. The van der Waals surface area contributed by atoms with Crippen LogP contribution in [0.2, 0.25) is 5.02 Å². The lowest BCUT2D eigenvalue weighted by molar-refractivity contribution is -0.384. The molecule has 8 heteroatoms. The largest absolute Gasteiger partial charge is 0.352 e. The number of amides is 1. The Morgan fingerprint density at radius 3 is 2.82 bits per heavy atom. The minimum absolute atomic E-state index is 0.0720. The number of aromatic amines is 1. The van der Waals surface area contributed by atoms with Crippen molar-refractivity contribution in [1.29, 1.82) is 0 Å². The van der Waals surface area contributed by atoms with Gasteiger partial charge in [-0.15, -0.1) is 0 Å². The number of nitrogens with zero attached hydrogens (tertiary/aromatic N) is 2. The predicted octanol–water partition coefficient (Wildman–Crippen LogP) is 3.58. The summed E-state index contributed by atoms with van der Waals surface area (Å²) in [4.78, 5) is 26.9. The van der Waals surface area contributed by atoms with Gasteiger partial charge in [-0.2, -0.15) is 0 Å². The number of halogens is 1. The number of carbonyl (C=O) groups excluding carboxylic acids is 1. The van der Waals surface area contributed by atoms with E-state index < -0.39 is 4.92 Å². The lowest BCUT2D eigenvalue weighted by Gasteiger charge is -2.18. The number of H-pyrrole nitrogens is 1. The Hall–Kier alpha value is -2.25. The Kier molecular flexibility index (Phi) is 4.89. The number of non-ortho nitro benzene ring substituents is 1. The van der Waals surface area contributed by atoms with Gasteiger partial charge in [-0.1, -0.05) is 23.8 Å². The molecular formula is C14H12ClN3O3S. The molecule has 0 aliphatic heterocycles. The van der Waals surface area contributed by atoms with Gasteiger partial charge in [-0.05, 0) is 23.8 Å². The Bertz CT molecular complexity index is 791. The smallest absolute Gasteiger partial charge is 0.269 e. The van der Waals surface area contributed by atoms with E-state index in [9.17, 15) is 14.9 Å². The first kappa shape index (κ1) is 16.1. The van der Waals surface area contributed by atoms with E-state index in [2.05, 4.69) is 4.98 Å². The molecule has 6 nitrogen and oxygen atoms in total. The summed E-state index contributed by atoms with van der Waals surface area (Å²) in [5.41, 5.74) is 0.788. The highest BCUT2D eigenvalue weighted by atomic mass is 35.5. The number of nitro benzene ring substituents is 1. The van der Waals surface area contributed by atoms with Crippen molar-refractivity contribution >= 4 is 35.4 Å².